The van der Waals surface area contributed by atoms with Crippen LogP contribution in [-0.2, 0) is 4.79 Å². The van der Waals surface area contributed by atoms with Crippen LogP contribution in [-0.4, -0.2) is 12.4 Å². The van der Waals surface area contributed by atoms with Crippen molar-refractivity contribution in [2.24, 2.45) is 0 Å². The van der Waals surface area contributed by atoms with Gasteiger partial charge in [-0.15, -0.1) is 0 Å². The average molecular weight is 269 g/mol. The van der Waals surface area contributed by atoms with E-state index < -0.39 is 0 Å². The Morgan fingerprint density at radius 1 is 1.44 bits per heavy atom. The van der Waals surface area contributed by atoms with Crippen LogP contribution in [0.2, 0.25) is 5.02 Å². The molecule has 0 heterocycles. The molecular weight excluding hydrogens is 248 g/mol. The number of benzene rings is 1. The van der Waals surface area contributed by atoms with Crippen LogP contribution in [0.25, 0.3) is 0 Å². The van der Waals surface area contributed by atoms with Gasteiger partial charge in [0.15, 0.2) is 0 Å². The third-order valence-electron chi connectivity index (χ3n) is 2.89. The van der Waals surface area contributed by atoms with Crippen molar-refractivity contribution in [3.63, 3.8) is 0 Å². The number of carbonyl (C=O) groups excluding carboxylic acids is 1. The van der Waals surface area contributed by atoms with E-state index in [1.54, 1.807) is 6.92 Å². The molecule has 0 radical (unpaired) electrons. The molecule has 0 bridgehead atoms. The maximum absolute atomic E-state index is 11.0. The summed E-state index contributed by atoms with van der Waals surface area (Å²) < 4.78 is 5.73. The van der Waals surface area contributed by atoms with Crippen LogP contribution in [0, 0.1) is 0 Å². The maximum Gasteiger partial charge on any atom is 0.129 e. The van der Waals surface area contributed by atoms with Crippen molar-refractivity contribution in [1.82, 2.24) is 0 Å². The minimum Gasteiger partial charge on any atom is -0.493 e. The van der Waals surface area contributed by atoms with Crippen LogP contribution < -0.4 is 4.74 Å². The molecule has 1 rings (SSSR count). The normalized spacial score (nSPS) is 12.2. The second-order valence-electron chi connectivity index (χ2n) is 4.67. The van der Waals surface area contributed by atoms with Crippen molar-refractivity contribution in [1.29, 1.82) is 0 Å². The first-order chi connectivity index (χ1) is 8.54. The lowest BCUT2D eigenvalue weighted by Crippen LogP contribution is -2.03. The molecule has 3 heteroatoms. The lowest BCUT2D eigenvalue weighted by molar-refractivity contribution is -0.117. The van der Waals surface area contributed by atoms with Gasteiger partial charge in [-0.25, -0.2) is 0 Å². The van der Waals surface area contributed by atoms with Gasteiger partial charge >= 0.3 is 0 Å². The number of carbonyl (C=O) groups is 1. The number of rotatable bonds is 7. The Balaban J connectivity index is 2.82. The van der Waals surface area contributed by atoms with Crippen molar-refractivity contribution >= 4 is 17.4 Å². The molecule has 1 aromatic rings. The average Bonchev–Trinajstić information content (AvgIpc) is 2.34. The van der Waals surface area contributed by atoms with Gasteiger partial charge in [0.25, 0.3) is 0 Å². The SMILES string of the molecule is CCCOc1ccc(Cl)cc1C(C)CCC(C)=O. The molecule has 0 aliphatic carbocycles. The van der Waals surface area contributed by atoms with Gasteiger partial charge in [-0.05, 0) is 49.4 Å². The number of halogens is 1. The Hall–Kier alpha value is -1.02. The standard InChI is InChI=1S/C15H21ClO2/c1-4-9-18-15-8-7-13(16)10-14(15)11(2)5-6-12(3)17/h7-8,10-11H,4-6,9H2,1-3H3. The highest BCUT2D eigenvalue weighted by Crippen LogP contribution is 2.32. The fourth-order valence-corrected chi connectivity index (χ4v) is 2.00. The molecule has 1 unspecified atom stereocenters. The third kappa shape index (κ3) is 4.69. The van der Waals surface area contributed by atoms with Crippen molar-refractivity contribution in [2.45, 2.75) is 46.0 Å². The zero-order valence-electron chi connectivity index (χ0n) is 11.3. The number of Topliss-reactive ketones (excluding diaryl/α,β-unsaturated/α-hetero) is 1. The van der Waals surface area contributed by atoms with E-state index in [-0.39, 0.29) is 11.7 Å². The van der Waals surface area contributed by atoms with Crippen LogP contribution in [0.1, 0.15) is 51.5 Å². The van der Waals surface area contributed by atoms with Gasteiger partial charge in [0.05, 0.1) is 6.61 Å². The molecule has 0 amide bonds. The molecule has 18 heavy (non-hydrogen) atoms. The maximum atomic E-state index is 11.0. The molecule has 1 aromatic carbocycles. The number of ether oxygens (including phenoxy) is 1. The molecule has 0 spiro atoms. The number of hydrogen-bond acceptors (Lipinski definition) is 2. The van der Waals surface area contributed by atoms with E-state index in [9.17, 15) is 4.79 Å². The molecule has 0 fully saturated rings. The molecule has 0 aliphatic rings. The number of hydrogen-bond donors (Lipinski definition) is 0. The lowest BCUT2D eigenvalue weighted by Gasteiger charge is -2.17. The molecule has 2 nitrogen and oxygen atoms in total. The Bertz CT molecular complexity index is 401. The van der Waals surface area contributed by atoms with Gasteiger partial charge in [0.2, 0.25) is 0 Å². The zero-order valence-corrected chi connectivity index (χ0v) is 12.1. The van der Waals surface area contributed by atoms with Crippen LogP contribution in [0.15, 0.2) is 18.2 Å². The minimum absolute atomic E-state index is 0.222. The molecule has 0 aliphatic heterocycles. The summed E-state index contributed by atoms with van der Waals surface area (Å²) in [6.45, 7) is 6.51. The van der Waals surface area contributed by atoms with Crippen LogP contribution in [0.4, 0.5) is 0 Å². The summed E-state index contributed by atoms with van der Waals surface area (Å²) in [5.41, 5.74) is 1.09. The van der Waals surface area contributed by atoms with E-state index in [0.717, 1.165) is 24.2 Å². The topological polar surface area (TPSA) is 26.3 Å². The summed E-state index contributed by atoms with van der Waals surface area (Å²) in [5, 5.41) is 0.712. The van der Waals surface area contributed by atoms with Crippen molar-refractivity contribution < 1.29 is 9.53 Å². The first-order valence-corrected chi connectivity index (χ1v) is 6.84. The van der Waals surface area contributed by atoms with Gasteiger partial charge in [-0.1, -0.05) is 25.4 Å². The van der Waals surface area contributed by atoms with Gasteiger partial charge in [-0.3, -0.25) is 0 Å². The van der Waals surface area contributed by atoms with Gasteiger partial charge in [0, 0.05) is 11.4 Å². The second kappa shape index (κ2) is 7.42. The van der Waals surface area contributed by atoms with E-state index in [1.807, 2.05) is 18.2 Å². The fraction of sp³-hybridized carbons (Fsp3) is 0.533. The highest BCUT2D eigenvalue weighted by Gasteiger charge is 2.13. The van der Waals surface area contributed by atoms with Crippen molar-refractivity contribution in [3.05, 3.63) is 28.8 Å². The summed E-state index contributed by atoms with van der Waals surface area (Å²) in [6.07, 6.45) is 2.41. The molecule has 0 saturated carbocycles. The van der Waals surface area contributed by atoms with E-state index in [4.69, 9.17) is 16.3 Å². The molecule has 0 saturated heterocycles. The lowest BCUT2D eigenvalue weighted by atomic mass is 9.94. The molecule has 0 N–H and O–H groups in total. The second-order valence-corrected chi connectivity index (χ2v) is 5.11. The fourth-order valence-electron chi connectivity index (χ4n) is 1.82. The monoisotopic (exact) mass is 268 g/mol. The summed E-state index contributed by atoms with van der Waals surface area (Å²) in [6, 6.07) is 5.70. The number of ketones is 1. The quantitative estimate of drug-likeness (QED) is 0.722. The molecule has 100 valence electrons. The van der Waals surface area contributed by atoms with Crippen molar-refractivity contribution in [2.75, 3.05) is 6.61 Å². The minimum atomic E-state index is 0.222. The predicted octanol–water partition coefficient (Wildman–Crippen LogP) is 4.60. The van der Waals surface area contributed by atoms with Crippen LogP contribution in [0.5, 0.6) is 5.75 Å². The molecule has 1 atom stereocenters. The van der Waals surface area contributed by atoms with E-state index in [1.165, 1.54) is 0 Å². The molecular formula is C15H21ClO2. The first kappa shape index (κ1) is 15.0. The zero-order chi connectivity index (χ0) is 13.5. The van der Waals surface area contributed by atoms with Crippen LogP contribution in [0.3, 0.4) is 0 Å². The smallest absolute Gasteiger partial charge is 0.129 e. The first-order valence-electron chi connectivity index (χ1n) is 6.46. The Morgan fingerprint density at radius 2 is 2.17 bits per heavy atom. The summed E-state index contributed by atoms with van der Waals surface area (Å²) in [4.78, 5) is 11.0. The van der Waals surface area contributed by atoms with E-state index >= 15 is 0 Å². The van der Waals surface area contributed by atoms with E-state index in [2.05, 4.69) is 13.8 Å². The summed E-state index contributed by atoms with van der Waals surface area (Å²) >= 11 is 6.04. The van der Waals surface area contributed by atoms with Crippen LogP contribution >= 0.6 is 11.6 Å². The molecule has 0 aromatic heterocycles. The largest absolute Gasteiger partial charge is 0.493 e. The van der Waals surface area contributed by atoms with Gasteiger partial charge < -0.3 is 9.53 Å². The highest BCUT2D eigenvalue weighted by atomic mass is 35.5. The Labute approximate surface area is 114 Å². The predicted molar refractivity (Wildman–Crippen MR) is 75.6 cm³/mol. The van der Waals surface area contributed by atoms with Gasteiger partial charge in [-0.2, -0.15) is 0 Å². The van der Waals surface area contributed by atoms with E-state index in [0.29, 0.717) is 18.1 Å². The summed E-state index contributed by atoms with van der Waals surface area (Å²) in [7, 11) is 0. The third-order valence-corrected chi connectivity index (χ3v) is 3.13. The summed E-state index contributed by atoms with van der Waals surface area (Å²) in [5.74, 6) is 1.39. The Morgan fingerprint density at radius 3 is 2.78 bits per heavy atom. The van der Waals surface area contributed by atoms with Gasteiger partial charge in [0.1, 0.15) is 11.5 Å². The van der Waals surface area contributed by atoms with Crippen molar-refractivity contribution in [3.8, 4) is 5.75 Å². The Kier molecular flexibility index (Phi) is 6.20. The highest BCUT2D eigenvalue weighted by molar-refractivity contribution is 6.30.